The zero-order chi connectivity index (χ0) is 21.8. The van der Waals surface area contributed by atoms with Crippen LogP contribution >= 0.6 is 11.8 Å². The molecule has 0 aliphatic heterocycles. The fourth-order valence-corrected chi connectivity index (χ4v) is 4.32. The monoisotopic (exact) mass is 431 g/mol. The normalized spacial score (nSPS) is 14.8. The molecule has 160 valence electrons. The van der Waals surface area contributed by atoms with Crippen molar-refractivity contribution in [2.45, 2.75) is 23.8 Å². The number of carbonyl (C=O) groups is 1. The van der Waals surface area contributed by atoms with Crippen molar-refractivity contribution >= 4 is 17.7 Å². The van der Waals surface area contributed by atoms with Crippen molar-refractivity contribution in [3.8, 4) is 28.4 Å². The smallest absolute Gasteiger partial charge is 0.246 e. The van der Waals surface area contributed by atoms with Gasteiger partial charge in [-0.05, 0) is 54.0 Å². The molecule has 0 bridgehead atoms. The Morgan fingerprint density at radius 3 is 2.50 bits per heavy atom. The number of thioether (sulfide) groups is 1. The molecule has 2 aromatic carbocycles. The highest BCUT2D eigenvalue weighted by Crippen LogP contribution is 2.50. The van der Waals surface area contributed by atoms with Crippen molar-refractivity contribution in [2.24, 2.45) is 0 Å². The number of fused-ring (bicyclic) bond motifs is 3. The molecule has 0 saturated carbocycles. The van der Waals surface area contributed by atoms with Gasteiger partial charge in [0.15, 0.2) is 16.9 Å². The summed E-state index contributed by atoms with van der Waals surface area (Å²) in [5.74, 6) is 1.01. The molecular weight excluding hydrogens is 406 g/mol. The molecule has 0 unspecified atom stereocenters. The Bertz CT molecular complexity index is 1020. The minimum absolute atomic E-state index is 0.130. The quantitative estimate of drug-likeness (QED) is 0.679. The summed E-state index contributed by atoms with van der Waals surface area (Å²) < 4.78 is 16.8. The average Bonchev–Trinajstić information content (AvgIpc) is 3.00. The van der Waals surface area contributed by atoms with Gasteiger partial charge >= 0.3 is 0 Å². The number of aliphatic hydroxyl groups is 1. The number of aliphatic hydroxyl groups excluding tert-OH is 1. The molecule has 2 aromatic rings. The van der Waals surface area contributed by atoms with Gasteiger partial charge in [-0.1, -0.05) is 6.07 Å². The Kier molecular flexibility index (Phi) is 6.89. The second kappa shape index (κ2) is 9.40. The molecule has 2 N–H and O–H groups in total. The van der Waals surface area contributed by atoms with E-state index in [9.17, 15) is 14.7 Å². The van der Waals surface area contributed by atoms with Crippen LogP contribution in [0.2, 0.25) is 0 Å². The summed E-state index contributed by atoms with van der Waals surface area (Å²) in [6, 6.07) is 6.68. The Morgan fingerprint density at radius 1 is 1.17 bits per heavy atom. The minimum Gasteiger partial charge on any atom is -0.493 e. The number of nitrogens with one attached hydrogen (secondary N) is 1. The van der Waals surface area contributed by atoms with Gasteiger partial charge in [0.05, 0.1) is 32.3 Å². The molecule has 30 heavy (non-hydrogen) atoms. The highest BCUT2D eigenvalue weighted by atomic mass is 32.2. The fourth-order valence-electron chi connectivity index (χ4n) is 3.86. The number of amides is 1. The first kappa shape index (κ1) is 22.0. The lowest BCUT2D eigenvalue weighted by Crippen LogP contribution is -2.31. The van der Waals surface area contributed by atoms with Crippen molar-refractivity contribution < 1.29 is 24.1 Å². The van der Waals surface area contributed by atoms with Crippen LogP contribution in [0.1, 0.15) is 23.6 Å². The van der Waals surface area contributed by atoms with Gasteiger partial charge in [-0.15, -0.1) is 11.8 Å². The maximum absolute atomic E-state index is 12.8. The van der Waals surface area contributed by atoms with Gasteiger partial charge in [0.1, 0.15) is 6.61 Å². The molecule has 1 atom stereocenters. The molecule has 0 heterocycles. The lowest BCUT2D eigenvalue weighted by molar-refractivity contribution is -0.124. The SMILES string of the molecule is COc1cc2c(c(OC)c1OC)-c1ccc(SC)c(=O)cc1[C@@H](NC(=O)CO)CC2. The van der Waals surface area contributed by atoms with E-state index >= 15 is 0 Å². The largest absolute Gasteiger partial charge is 0.493 e. The van der Waals surface area contributed by atoms with Crippen LogP contribution in [0.15, 0.2) is 34.0 Å². The molecule has 8 heteroatoms. The Balaban J connectivity index is 2.38. The first-order chi connectivity index (χ1) is 14.5. The van der Waals surface area contributed by atoms with E-state index in [2.05, 4.69) is 5.32 Å². The zero-order valence-corrected chi connectivity index (χ0v) is 18.2. The van der Waals surface area contributed by atoms with Gasteiger partial charge in [0, 0.05) is 5.56 Å². The van der Waals surface area contributed by atoms with E-state index in [-0.39, 0.29) is 5.43 Å². The van der Waals surface area contributed by atoms with Crippen molar-refractivity contribution in [3.63, 3.8) is 0 Å². The van der Waals surface area contributed by atoms with Crippen LogP contribution in [-0.2, 0) is 11.2 Å². The van der Waals surface area contributed by atoms with E-state index in [1.807, 2.05) is 18.4 Å². The molecule has 1 aliphatic rings. The number of carbonyl (C=O) groups excluding carboxylic acids is 1. The first-order valence-corrected chi connectivity index (χ1v) is 10.7. The van der Waals surface area contributed by atoms with Crippen LogP contribution in [-0.4, -0.2) is 45.2 Å². The highest BCUT2D eigenvalue weighted by Gasteiger charge is 2.29. The maximum Gasteiger partial charge on any atom is 0.246 e. The molecule has 0 spiro atoms. The summed E-state index contributed by atoms with van der Waals surface area (Å²) >= 11 is 1.36. The van der Waals surface area contributed by atoms with Gasteiger partial charge in [-0.25, -0.2) is 0 Å². The van der Waals surface area contributed by atoms with Crippen LogP contribution in [0.5, 0.6) is 17.2 Å². The summed E-state index contributed by atoms with van der Waals surface area (Å²) in [5, 5.41) is 12.1. The van der Waals surface area contributed by atoms with E-state index in [0.717, 1.165) is 16.7 Å². The summed E-state index contributed by atoms with van der Waals surface area (Å²) in [7, 11) is 4.66. The third-order valence-corrected chi connectivity index (χ3v) is 5.98. The standard InChI is InChI=1S/C22H25NO6S/c1-27-17-9-12-5-7-15(23-19(26)11-24)14-10-16(25)18(30-4)8-6-13(14)20(12)22(29-3)21(17)28-2/h6,8-10,15,24H,5,7,11H2,1-4H3,(H,23,26)/t15-/m0/s1. The van der Waals surface area contributed by atoms with Crippen LogP contribution in [0, 0.1) is 0 Å². The van der Waals surface area contributed by atoms with Crippen LogP contribution in [0.25, 0.3) is 11.1 Å². The van der Waals surface area contributed by atoms with Crippen LogP contribution in [0.4, 0.5) is 0 Å². The van der Waals surface area contributed by atoms with Gasteiger partial charge < -0.3 is 24.6 Å². The molecule has 7 nitrogen and oxygen atoms in total. The summed E-state index contributed by atoms with van der Waals surface area (Å²) in [6.07, 6.45) is 2.99. The Labute approximate surface area is 179 Å². The van der Waals surface area contributed by atoms with Gasteiger partial charge in [-0.3, -0.25) is 9.59 Å². The molecule has 0 saturated heterocycles. The molecule has 1 amide bonds. The number of hydrogen-bond donors (Lipinski definition) is 2. The number of methoxy groups -OCH3 is 3. The zero-order valence-electron chi connectivity index (χ0n) is 17.4. The van der Waals surface area contributed by atoms with E-state index in [0.29, 0.717) is 40.5 Å². The predicted molar refractivity (Wildman–Crippen MR) is 116 cm³/mol. The van der Waals surface area contributed by atoms with E-state index in [4.69, 9.17) is 14.2 Å². The second-order valence-electron chi connectivity index (χ2n) is 6.78. The number of benzene rings is 1. The molecule has 3 rings (SSSR count). The van der Waals surface area contributed by atoms with Gasteiger partial charge in [0.25, 0.3) is 0 Å². The van der Waals surface area contributed by atoms with E-state index in [1.165, 1.54) is 11.8 Å². The van der Waals surface area contributed by atoms with E-state index < -0.39 is 18.6 Å². The second-order valence-corrected chi connectivity index (χ2v) is 7.62. The van der Waals surface area contributed by atoms with Crippen molar-refractivity contribution in [2.75, 3.05) is 34.2 Å². The van der Waals surface area contributed by atoms with Crippen LogP contribution < -0.4 is 25.0 Å². The molecule has 0 radical (unpaired) electrons. The lowest BCUT2D eigenvalue weighted by atomic mass is 9.95. The minimum atomic E-state index is -0.622. The molecule has 1 aliphatic carbocycles. The molecule has 0 aromatic heterocycles. The highest BCUT2D eigenvalue weighted by molar-refractivity contribution is 7.98. The van der Waals surface area contributed by atoms with Gasteiger partial charge in [-0.2, -0.15) is 0 Å². The Morgan fingerprint density at radius 2 is 1.90 bits per heavy atom. The summed E-state index contributed by atoms with van der Waals surface area (Å²) in [6.45, 7) is -0.622. The third kappa shape index (κ3) is 3.97. The van der Waals surface area contributed by atoms with Crippen molar-refractivity contribution in [1.29, 1.82) is 0 Å². The van der Waals surface area contributed by atoms with E-state index in [1.54, 1.807) is 33.5 Å². The number of hydrogen-bond acceptors (Lipinski definition) is 7. The summed E-state index contributed by atoms with van der Waals surface area (Å²) in [5.41, 5.74) is 3.06. The Hall–Kier alpha value is -2.71. The number of aryl methyl sites for hydroxylation is 1. The third-order valence-electron chi connectivity index (χ3n) is 5.20. The maximum atomic E-state index is 12.8. The predicted octanol–water partition coefficient (Wildman–Crippen LogP) is 2.56. The topological polar surface area (TPSA) is 94.1 Å². The molecule has 0 fully saturated rings. The first-order valence-electron chi connectivity index (χ1n) is 9.43. The lowest BCUT2D eigenvalue weighted by Gasteiger charge is -2.19. The summed E-state index contributed by atoms with van der Waals surface area (Å²) in [4.78, 5) is 25.3. The van der Waals surface area contributed by atoms with Gasteiger partial charge in [0.2, 0.25) is 11.7 Å². The van der Waals surface area contributed by atoms with Crippen molar-refractivity contribution in [3.05, 3.63) is 45.6 Å². The van der Waals surface area contributed by atoms with Crippen LogP contribution in [0.3, 0.4) is 0 Å². The number of rotatable bonds is 6. The average molecular weight is 432 g/mol. The fraction of sp³-hybridized carbons (Fsp3) is 0.364. The molecular formula is C22H25NO6S. The number of ether oxygens (including phenoxy) is 3. The van der Waals surface area contributed by atoms with Crippen molar-refractivity contribution in [1.82, 2.24) is 5.32 Å².